The number of likely N-dealkylation sites (tertiary alicyclic amines) is 1. The van der Waals surface area contributed by atoms with Gasteiger partial charge in [-0.2, -0.15) is 4.31 Å². The molecule has 0 unspecified atom stereocenters. The van der Waals surface area contributed by atoms with Crippen LogP contribution >= 0.6 is 0 Å². The molecule has 1 fully saturated rings. The zero-order chi connectivity index (χ0) is 21.8. The Morgan fingerprint density at radius 2 is 1.80 bits per heavy atom. The number of nitrogens with zero attached hydrogens (tertiary/aromatic N) is 2. The molecule has 0 amide bonds. The summed E-state index contributed by atoms with van der Waals surface area (Å²) in [5.41, 5.74) is 1.19. The molecule has 1 aromatic rings. The van der Waals surface area contributed by atoms with Gasteiger partial charge in [0.25, 0.3) is 0 Å². The van der Waals surface area contributed by atoms with Crippen LogP contribution < -0.4 is 4.74 Å². The first-order chi connectivity index (χ1) is 14.1. The van der Waals surface area contributed by atoms with Crippen molar-refractivity contribution < 1.29 is 17.5 Å². The minimum atomic E-state index is -3.12. The summed E-state index contributed by atoms with van der Waals surface area (Å²) in [6.45, 7) is 7.42. The normalized spacial score (nSPS) is 20.2. The smallest absolute Gasteiger partial charge is 0.211 e. The van der Waals surface area contributed by atoms with Crippen molar-refractivity contribution in [2.45, 2.75) is 45.2 Å². The van der Waals surface area contributed by atoms with Crippen LogP contribution in [0.1, 0.15) is 45.1 Å². The van der Waals surface area contributed by atoms with E-state index < -0.39 is 15.7 Å². The zero-order valence-corrected chi connectivity index (χ0v) is 19.3. The van der Waals surface area contributed by atoms with E-state index in [2.05, 4.69) is 17.0 Å². The maximum Gasteiger partial charge on any atom is 0.211 e. The number of sulfonamides is 1. The molecule has 0 aliphatic carbocycles. The van der Waals surface area contributed by atoms with E-state index in [-0.39, 0.29) is 0 Å². The molecule has 1 aromatic carbocycles. The number of alkyl halides is 1. The fourth-order valence-electron chi connectivity index (χ4n) is 4.29. The molecule has 2 aliphatic rings. The van der Waals surface area contributed by atoms with Crippen molar-refractivity contribution in [3.05, 3.63) is 35.9 Å². The first kappa shape index (κ1) is 23.2. The van der Waals surface area contributed by atoms with Crippen LogP contribution in [-0.2, 0) is 10.0 Å². The SMILES string of the molecule is CC(C)(F)CN1CCC(CCOc2ccc(C3=CCN(S(C)(=O)=O)CC3)cc2)CC1. The van der Waals surface area contributed by atoms with Crippen LogP contribution in [-0.4, -0.2) is 68.9 Å². The highest BCUT2D eigenvalue weighted by molar-refractivity contribution is 7.88. The third kappa shape index (κ3) is 7.06. The van der Waals surface area contributed by atoms with Crippen molar-refractivity contribution >= 4 is 15.6 Å². The summed E-state index contributed by atoms with van der Waals surface area (Å²) in [7, 11) is -3.12. The number of ether oxygens (including phenoxy) is 1. The lowest BCUT2D eigenvalue weighted by molar-refractivity contribution is 0.0908. The van der Waals surface area contributed by atoms with E-state index in [4.69, 9.17) is 4.74 Å². The van der Waals surface area contributed by atoms with Crippen molar-refractivity contribution in [3.63, 3.8) is 0 Å². The first-order valence-corrected chi connectivity index (χ1v) is 12.7. The average Bonchev–Trinajstić information content (AvgIpc) is 2.68. The lowest BCUT2D eigenvalue weighted by Crippen LogP contribution is -2.41. The molecule has 3 rings (SSSR count). The topological polar surface area (TPSA) is 49.9 Å². The molecule has 0 spiro atoms. The molecular weight excluding hydrogens is 403 g/mol. The standard InChI is InChI=1S/C23H35FN2O3S/c1-23(2,24)18-25-13-8-19(9-14-25)12-17-29-22-6-4-20(5-7-22)21-10-15-26(16-11-21)30(3,27)28/h4-7,10,19H,8-9,11-18H2,1-3H3. The fraction of sp³-hybridized carbons (Fsp3) is 0.652. The minimum absolute atomic E-state index is 0.439. The van der Waals surface area contributed by atoms with Crippen LogP contribution in [0.3, 0.4) is 0 Å². The zero-order valence-electron chi connectivity index (χ0n) is 18.4. The van der Waals surface area contributed by atoms with Gasteiger partial charge in [0.15, 0.2) is 0 Å². The summed E-state index contributed by atoms with van der Waals surface area (Å²) < 4.78 is 44.5. The molecule has 0 atom stereocenters. The summed E-state index contributed by atoms with van der Waals surface area (Å²) in [4.78, 5) is 2.23. The van der Waals surface area contributed by atoms with Gasteiger partial charge in [0.05, 0.1) is 12.9 Å². The molecule has 1 saturated heterocycles. The highest BCUT2D eigenvalue weighted by Gasteiger charge is 2.25. The van der Waals surface area contributed by atoms with Crippen LogP contribution in [0.5, 0.6) is 5.75 Å². The lowest BCUT2D eigenvalue weighted by Gasteiger charge is -2.34. The summed E-state index contributed by atoms with van der Waals surface area (Å²) in [6, 6.07) is 8.08. The molecule has 0 radical (unpaired) electrons. The van der Waals surface area contributed by atoms with Gasteiger partial charge in [-0.25, -0.2) is 12.8 Å². The Balaban J connectivity index is 1.40. The summed E-state index contributed by atoms with van der Waals surface area (Å²) in [5.74, 6) is 1.51. The highest BCUT2D eigenvalue weighted by atomic mass is 32.2. The molecule has 0 N–H and O–H groups in total. The van der Waals surface area contributed by atoms with Gasteiger partial charge in [0.2, 0.25) is 10.0 Å². The fourth-order valence-corrected chi connectivity index (χ4v) is 5.06. The first-order valence-electron chi connectivity index (χ1n) is 10.9. The van der Waals surface area contributed by atoms with Crippen molar-refractivity contribution in [3.8, 4) is 5.75 Å². The van der Waals surface area contributed by atoms with Crippen LogP contribution in [0.4, 0.5) is 4.39 Å². The third-order valence-corrected chi connectivity index (χ3v) is 7.24. The molecule has 5 nitrogen and oxygen atoms in total. The number of hydrogen-bond donors (Lipinski definition) is 0. The van der Waals surface area contributed by atoms with Crippen LogP contribution in [0.15, 0.2) is 30.3 Å². The summed E-state index contributed by atoms with van der Waals surface area (Å²) in [6.07, 6.45) is 7.23. The van der Waals surface area contributed by atoms with Crippen LogP contribution in [0, 0.1) is 5.92 Å². The second-order valence-electron chi connectivity index (χ2n) is 9.20. The molecule has 168 valence electrons. The predicted molar refractivity (Wildman–Crippen MR) is 120 cm³/mol. The molecule has 0 bridgehead atoms. The van der Waals surface area contributed by atoms with Gasteiger partial charge >= 0.3 is 0 Å². The molecule has 2 heterocycles. The van der Waals surface area contributed by atoms with Gasteiger partial charge in [0, 0.05) is 19.6 Å². The number of benzene rings is 1. The van der Waals surface area contributed by atoms with E-state index in [0.717, 1.165) is 50.1 Å². The quantitative estimate of drug-likeness (QED) is 0.616. The Hall–Kier alpha value is -1.44. The number of piperidine rings is 1. The number of hydrogen-bond acceptors (Lipinski definition) is 4. The van der Waals surface area contributed by atoms with E-state index in [1.54, 1.807) is 13.8 Å². The summed E-state index contributed by atoms with van der Waals surface area (Å²) >= 11 is 0. The molecule has 30 heavy (non-hydrogen) atoms. The predicted octanol–water partition coefficient (Wildman–Crippen LogP) is 3.96. The molecule has 0 aromatic heterocycles. The molecular formula is C23H35FN2O3S. The van der Waals surface area contributed by atoms with E-state index in [9.17, 15) is 12.8 Å². The van der Waals surface area contributed by atoms with E-state index in [1.165, 1.54) is 16.1 Å². The molecule has 7 heteroatoms. The monoisotopic (exact) mass is 438 g/mol. The number of rotatable bonds is 8. The van der Waals surface area contributed by atoms with Gasteiger partial charge in [-0.1, -0.05) is 18.2 Å². The Morgan fingerprint density at radius 1 is 1.13 bits per heavy atom. The maximum absolute atomic E-state index is 13.8. The minimum Gasteiger partial charge on any atom is -0.494 e. The van der Waals surface area contributed by atoms with Gasteiger partial charge in [0.1, 0.15) is 11.4 Å². The van der Waals surface area contributed by atoms with E-state index in [0.29, 0.717) is 32.2 Å². The van der Waals surface area contributed by atoms with E-state index >= 15 is 0 Å². The Labute approximate surface area is 180 Å². The highest BCUT2D eigenvalue weighted by Crippen LogP contribution is 2.26. The third-order valence-electron chi connectivity index (χ3n) is 5.97. The average molecular weight is 439 g/mol. The van der Waals surface area contributed by atoms with Gasteiger partial charge < -0.3 is 9.64 Å². The lowest BCUT2D eigenvalue weighted by atomic mass is 9.93. The molecule has 2 aliphatic heterocycles. The second kappa shape index (κ2) is 9.79. The van der Waals surface area contributed by atoms with Crippen molar-refractivity contribution in [2.24, 2.45) is 5.92 Å². The Morgan fingerprint density at radius 3 is 2.33 bits per heavy atom. The van der Waals surface area contributed by atoms with Crippen molar-refractivity contribution in [2.75, 3.05) is 45.6 Å². The maximum atomic E-state index is 13.8. The van der Waals surface area contributed by atoms with Crippen molar-refractivity contribution in [1.82, 2.24) is 9.21 Å². The van der Waals surface area contributed by atoms with Gasteiger partial charge in [-0.3, -0.25) is 0 Å². The Kier molecular flexibility index (Phi) is 7.58. The second-order valence-corrected chi connectivity index (χ2v) is 11.2. The summed E-state index contributed by atoms with van der Waals surface area (Å²) in [5, 5.41) is 0. The largest absolute Gasteiger partial charge is 0.494 e. The Bertz CT molecular complexity index is 823. The number of halogens is 1. The van der Waals surface area contributed by atoms with Crippen LogP contribution in [0.25, 0.3) is 5.57 Å². The van der Waals surface area contributed by atoms with Gasteiger partial charge in [-0.15, -0.1) is 0 Å². The van der Waals surface area contributed by atoms with Crippen LogP contribution in [0.2, 0.25) is 0 Å². The molecule has 0 saturated carbocycles. The van der Waals surface area contributed by atoms with E-state index in [1.807, 2.05) is 18.2 Å². The van der Waals surface area contributed by atoms with Crippen molar-refractivity contribution in [1.29, 1.82) is 0 Å². The van der Waals surface area contributed by atoms with Gasteiger partial charge in [-0.05, 0) is 81.8 Å².